The molecule has 0 saturated heterocycles. The van der Waals surface area contributed by atoms with Gasteiger partial charge in [-0.05, 0) is 18.3 Å². The molecule has 1 amide bonds. The van der Waals surface area contributed by atoms with E-state index in [0.29, 0.717) is 0 Å². The van der Waals surface area contributed by atoms with Crippen molar-refractivity contribution in [2.75, 3.05) is 6.54 Å². The van der Waals surface area contributed by atoms with Crippen molar-refractivity contribution < 1.29 is 4.79 Å². The molecule has 0 heterocycles. The van der Waals surface area contributed by atoms with Crippen LogP contribution in [0.25, 0.3) is 0 Å². The minimum Gasteiger partial charge on any atom is -0.355 e. The average molecular weight is 184 g/mol. The molecule has 1 aliphatic carbocycles. The normalized spacial score (nSPS) is 18.8. The summed E-state index contributed by atoms with van der Waals surface area (Å²) in [6, 6.07) is -0.348. The summed E-state index contributed by atoms with van der Waals surface area (Å²) >= 11 is 0. The number of nitrogens with one attached hydrogen (secondary N) is 1. The van der Waals surface area contributed by atoms with Crippen molar-refractivity contribution in [3.05, 3.63) is 0 Å². The highest BCUT2D eigenvalue weighted by Gasteiger charge is 2.22. The molecule has 1 rings (SSSR count). The van der Waals surface area contributed by atoms with Crippen LogP contribution in [0.1, 0.15) is 33.1 Å². The number of rotatable bonds is 5. The zero-order valence-electron chi connectivity index (χ0n) is 8.55. The molecule has 0 spiro atoms. The van der Waals surface area contributed by atoms with Gasteiger partial charge in [0.05, 0.1) is 6.04 Å². The molecule has 3 heteroatoms. The van der Waals surface area contributed by atoms with Gasteiger partial charge in [-0.1, -0.05) is 26.7 Å². The third kappa shape index (κ3) is 3.77. The fraction of sp³-hybridized carbons (Fsp3) is 0.900. The van der Waals surface area contributed by atoms with Gasteiger partial charge in [-0.2, -0.15) is 0 Å². The predicted molar refractivity (Wildman–Crippen MR) is 53.2 cm³/mol. The molecule has 1 atom stereocenters. The Hall–Kier alpha value is -0.570. The summed E-state index contributed by atoms with van der Waals surface area (Å²) in [6.07, 6.45) is 3.80. The average Bonchev–Trinajstić information content (AvgIpc) is 2.86. The van der Waals surface area contributed by atoms with E-state index in [-0.39, 0.29) is 17.9 Å². The maximum atomic E-state index is 11.4. The summed E-state index contributed by atoms with van der Waals surface area (Å²) in [4.78, 5) is 11.4. The number of hydrogen-bond donors (Lipinski definition) is 2. The number of nitrogens with two attached hydrogens (primary N) is 1. The van der Waals surface area contributed by atoms with Gasteiger partial charge in [-0.15, -0.1) is 0 Å². The molecule has 0 aromatic rings. The fourth-order valence-corrected chi connectivity index (χ4v) is 1.23. The van der Waals surface area contributed by atoms with E-state index in [1.807, 2.05) is 13.8 Å². The monoisotopic (exact) mass is 184 g/mol. The largest absolute Gasteiger partial charge is 0.355 e. The van der Waals surface area contributed by atoms with Crippen LogP contribution in [0, 0.1) is 11.8 Å². The van der Waals surface area contributed by atoms with Crippen molar-refractivity contribution in [3.8, 4) is 0 Å². The molecule has 0 aromatic heterocycles. The van der Waals surface area contributed by atoms with Gasteiger partial charge < -0.3 is 11.1 Å². The quantitative estimate of drug-likeness (QED) is 0.666. The van der Waals surface area contributed by atoms with Gasteiger partial charge in [0.15, 0.2) is 0 Å². The molecule has 76 valence electrons. The standard InChI is InChI=1S/C10H20N2O/c1-7(2)9(11)10(13)12-6-5-8-3-4-8/h7-9H,3-6,11H2,1-2H3,(H,12,13)/t9-/m1/s1. The van der Waals surface area contributed by atoms with Gasteiger partial charge in [0.25, 0.3) is 0 Å². The van der Waals surface area contributed by atoms with Crippen molar-refractivity contribution >= 4 is 5.91 Å². The smallest absolute Gasteiger partial charge is 0.237 e. The second-order valence-electron chi connectivity index (χ2n) is 4.29. The summed E-state index contributed by atoms with van der Waals surface area (Å²) in [7, 11) is 0. The highest BCUT2D eigenvalue weighted by atomic mass is 16.2. The van der Waals surface area contributed by atoms with Crippen LogP contribution in [-0.4, -0.2) is 18.5 Å². The Morgan fingerprint density at radius 1 is 1.54 bits per heavy atom. The number of hydrogen-bond acceptors (Lipinski definition) is 2. The van der Waals surface area contributed by atoms with E-state index in [1.165, 1.54) is 12.8 Å². The summed E-state index contributed by atoms with van der Waals surface area (Å²) in [5.41, 5.74) is 5.68. The Labute approximate surface area is 80.1 Å². The van der Waals surface area contributed by atoms with Crippen molar-refractivity contribution in [2.24, 2.45) is 17.6 Å². The fourth-order valence-electron chi connectivity index (χ4n) is 1.23. The lowest BCUT2D eigenvalue weighted by Gasteiger charge is -2.14. The molecule has 1 fully saturated rings. The Morgan fingerprint density at radius 3 is 2.62 bits per heavy atom. The van der Waals surface area contributed by atoms with Crippen molar-refractivity contribution in [3.63, 3.8) is 0 Å². The van der Waals surface area contributed by atoms with Crippen molar-refractivity contribution in [2.45, 2.75) is 39.2 Å². The van der Waals surface area contributed by atoms with E-state index < -0.39 is 0 Å². The van der Waals surface area contributed by atoms with Crippen LogP contribution >= 0.6 is 0 Å². The Kier molecular flexibility index (Phi) is 3.72. The molecule has 0 bridgehead atoms. The van der Waals surface area contributed by atoms with Crippen molar-refractivity contribution in [1.29, 1.82) is 0 Å². The zero-order chi connectivity index (χ0) is 9.84. The summed E-state index contributed by atoms with van der Waals surface area (Å²) in [6.45, 7) is 4.72. The molecule has 3 N–H and O–H groups in total. The lowest BCUT2D eigenvalue weighted by molar-refractivity contribution is -0.123. The second kappa shape index (κ2) is 4.61. The van der Waals surface area contributed by atoms with E-state index >= 15 is 0 Å². The van der Waals surface area contributed by atoms with Crippen LogP contribution in [0.3, 0.4) is 0 Å². The maximum absolute atomic E-state index is 11.4. The summed E-state index contributed by atoms with van der Waals surface area (Å²) < 4.78 is 0. The van der Waals surface area contributed by atoms with Gasteiger partial charge in [0.1, 0.15) is 0 Å². The Morgan fingerprint density at radius 2 is 2.15 bits per heavy atom. The highest BCUT2D eigenvalue weighted by Crippen LogP contribution is 2.31. The third-order valence-corrected chi connectivity index (χ3v) is 2.57. The van der Waals surface area contributed by atoms with Gasteiger partial charge in [-0.3, -0.25) is 4.79 Å². The van der Waals surface area contributed by atoms with Crippen LogP contribution in [0.15, 0.2) is 0 Å². The molecule has 0 aliphatic heterocycles. The van der Waals surface area contributed by atoms with Gasteiger partial charge in [0, 0.05) is 6.54 Å². The minimum absolute atomic E-state index is 0.00403. The molecule has 0 unspecified atom stereocenters. The van der Waals surface area contributed by atoms with Crippen LogP contribution in [0.4, 0.5) is 0 Å². The van der Waals surface area contributed by atoms with E-state index in [9.17, 15) is 4.79 Å². The van der Waals surface area contributed by atoms with Gasteiger partial charge in [-0.25, -0.2) is 0 Å². The van der Waals surface area contributed by atoms with Gasteiger partial charge >= 0.3 is 0 Å². The molecular weight excluding hydrogens is 164 g/mol. The molecule has 3 nitrogen and oxygen atoms in total. The SMILES string of the molecule is CC(C)[C@@H](N)C(=O)NCCC1CC1. The minimum atomic E-state index is -0.348. The second-order valence-corrected chi connectivity index (χ2v) is 4.29. The molecule has 13 heavy (non-hydrogen) atoms. The molecule has 1 aliphatic rings. The first kappa shape index (κ1) is 10.5. The van der Waals surface area contributed by atoms with Crippen LogP contribution in [-0.2, 0) is 4.79 Å². The molecule has 0 radical (unpaired) electrons. The summed E-state index contributed by atoms with van der Waals surface area (Å²) in [5.74, 6) is 1.09. The van der Waals surface area contributed by atoms with Gasteiger partial charge in [0.2, 0.25) is 5.91 Å². The summed E-state index contributed by atoms with van der Waals surface area (Å²) in [5, 5.41) is 2.87. The third-order valence-electron chi connectivity index (χ3n) is 2.57. The molecule has 1 saturated carbocycles. The topological polar surface area (TPSA) is 55.1 Å². The van der Waals surface area contributed by atoms with E-state index in [0.717, 1.165) is 18.9 Å². The van der Waals surface area contributed by atoms with Crippen molar-refractivity contribution in [1.82, 2.24) is 5.32 Å². The number of carbonyl (C=O) groups excluding carboxylic acids is 1. The first-order chi connectivity index (χ1) is 6.11. The van der Waals surface area contributed by atoms with Crippen LogP contribution in [0.2, 0.25) is 0 Å². The Balaban J connectivity index is 2.08. The lowest BCUT2D eigenvalue weighted by Crippen LogP contribution is -2.44. The lowest BCUT2D eigenvalue weighted by atomic mass is 10.1. The molecule has 0 aromatic carbocycles. The Bertz CT molecular complexity index is 176. The van der Waals surface area contributed by atoms with Crippen LogP contribution < -0.4 is 11.1 Å². The maximum Gasteiger partial charge on any atom is 0.237 e. The number of amides is 1. The first-order valence-electron chi connectivity index (χ1n) is 5.14. The number of carbonyl (C=O) groups is 1. The van der Waals surface area contributed by atoms with Crippen LogP contribution in [0.5, 0.6) is 0 Å². The van der Waals surface area contributed by atoms with E-state index in [1.54, 1.807) is 0 Å². The first-order valence-corrected chi connectivity index (χ1v) is 5.14. The highest BCUT2D eigenvalue weighted by molar-refractivity contribution is 5.81. The van der Waals surface area contributed by atoms with E-state index in [4.69, 9.17) is 5.73 Å². The predicted octanol–water partition coefficient (Wildman–Crippen LogP) is 0.886. The molecular formula is C10H20N2O. The van der Waals surface area contributed by atoms with E-state index in [2.05, 4.69) is 5.32 Å². The zero-order valence-corrected chi connectivity index (χ0v) is 8.55.